The summed E-state index contributed by atoms with van der Waals surface area (Å²) in [5.74, 6) is -1.49. The largest absolute Gasteiger partial charge is 1.00 e. The van der Waals surface area contributed by atoms with Crippen molar-refractivity contribution in [1.82, 2.24) is 0 Å². The Morgan fingerprint density at radius 1 is 0.818 bits per heavy atom. The van der Waals surface area contributed by atoms with Gasteiger partial charge in [0.05, 0.1) is 0 Å². The second-order valence-corrected chi connectivity index (χ2v) is 5.56. The van der Waals surface area contributed by atoms with E-state index >= 15 is 0 Å². The Hall–Kier alpha value is 0.530. The van der Waals surface area contributed by atoms with E-state index in [1.807, 2.05) is 27.7 Å². The minimum absolute atomic E-state index is 0. The molecule has 0 fully saturated rings. The van der Waals surface area contributed by atoms with Gasteiger partial charge in [-0.15, -0.1) is 0 Å². The first kappa shape index (κ1) is 27.4. The van der Waals surface area contributed by atoms with Crippen molar-refractivity contribution in [3.8, 4) is 0 Å². The molecular weight excluding hydrogens is 310 g/mol. The van der Waals surface area contributed by atoms with Crippen molar-refractivity contribution >= 4 is 18.1 Å². The molecule has 0 aromatic rings. The van der Waals surface area contributed by atoms with Crippen molar-refractivity contribution in [2.45, 2.75) is 52.6 Å². The summed E-state index contributed by atoms with van der Waals surface area (Å²) in [5.41, 5.74) is 11.1. The predicted molar refractivity (Wildman–Crippen MR) is 74.7 cm³/mol. The SMILES string of the molecule is CC(C)C[C@H](N)C(=O)OC(=O)OC(=O)[C@@H](N)CC(C)C.[H-].[H-].[Na+].[Na+]. The van der Waals surface area contributed by atoms with Crippen LogP contribution in [0.15, 0.2) is 0 Å². The van der Waals surface area contributed by atoms with Crippen LogP contribution in [0.2, 0.25) is 0 Å². The van der Waals surface area contributed by atoms with Crippen molar-refractivity contribution in [2.75, 3.05) is 0 Å². The zero-order valence-corrected chi connectivity index (χ0v) is 18.4. The second kappa shape index (κ2) is 13.9. The van der Waals surface area contributed by atoms with Crippen molar-refractivity contribution in [1.29, 1.82) is 0 Å². The fourth-order valence-corrected chi connectivity index (χ4v) is 1.54. The van der Waals surface area contributed by atoms with E-state index in [0.29, 0.717) is 12.8 Å². The van der Waals surface area contributed by atoms with Gasteiger partial charge in [0.25, 0.3) is 0 Å². The molecule has 120 valence electrons. The number of hydrogen-bond donors (Lipinski definition) is 2. The minimum atomic E-state index is -1.39. The molecule has 4 N–H and O–H groups in total. The number of carbonyl (C=O) groups excluding carboxylic acids is 3. The van der Waals surface area contributed by atoms with Crippen LogP contribution in [0.3, 0.4) is 0 Å². The van der Waals surface area contributed by atoms with Gasteiger partial charge in [-0.2, -0.15) is 0 Å². The summed E-state index contributed by atoms with van der Waals surface area (Å²) in [5, 5.41) is 0. The van der Waals surface area contributed by atoms with E-state index < -0.39 is 30.2 Å². The van der Waals surface area contributed by atoms with Crippen LogP contribution in [0.1, 0.15) is 43.4 Å². The molecule has 0 aliphatic rings. The maximum atomic E-state index is 11.4. The molecule has 7 nitrogen and oxygen atoms in total. The zero-order chi connectivity index (χ0) is 15.9. The summed E-state index contributed by atoms with van der Waals surface area (Å²) in [4.78, 5) is 34.1. The molecule has 0 aliphatic carbocycles. The molecule has 0 amide bonds. The van der Waals surface area contributed by atoms with Gasteiger partial charge in [-0.1, -0.05) is 27.7 Å². The Labute approximate surface area is 178 Å². The molecular formula is C13H26N2Na2O5. The van der Waals surface area contributed by atoms with Crippen molar-refractivity contribution in [3.63, 3.8) is 0 Å². The fourth-order valence-electron chi connectivity index (χ4n) is 1.54. The van der Waals surface area contributed by atoms with Crippen LogP contribution in [0.25, 0.3) is 0 Å². The Bertz CT molecular complexity index is 342. The number of nitrogens with two attached hydrogens (primary N) is 2. The quantitative estimate of drug-likeness (QED) is 0.283. The minimum Gasteiger partial charge on any atom is -1.00 e. The van der Waals surface area contributed by atoms with Crippen LogP contribution in [0, 0.1) is 11.8 Å². The first-order valence-electron chi connectivity index (χ1n) is 6.62. The molecule has 0 bridgehead atoms. The van der Waals surface area contributed by atoms with Gasteiger partial charge < -0.3 is 23.8 Å². The molecule has 0 aromatic carbocycles. The molecule has 9 heteroatoms. The van der Waals surface area contributed by atoms with E-state index in [4.69, 9.17) is 11.5 Å². The first-order valence-corrected chi connectivity index (χ1v) is 6.62. The molecule has 0 rings (SSSR count). The van der Waals surface area contributed by atoms with Crippen LogP contribution in [0.4, 0.5) is 4.79 Å². The summed E-state index contributed by atoms with van der Waals surface area (Å²) in [6, 6.07) is -1.86. The summed E-state index contributed by atoms with van der Waals surface area (Å²) >= 11 is 0. The van der Waals surface area contributed by atoms with Gasteiger partial charge in [0.15, 0.2) is 0 Å². The van der Waals surface area contributed by atoms with Crippen molar-refractivity contribution in [3.05, 3.63) is 0 Å². The van der Waals surface area contributed by atoms with Gasteiger partial charge in [0.1, 0.15) is 12.1 Å². The Kier molecular flexibility index (Phi) is 17.3. The maximum absolute atomic E-state index is 11.4. The van der Waals surface area contributed by atoms with Gasteiger partial charge in [0.2, 0.25) is 0 Å². The Morgan fingerprint density at radius 3 is 1.32 bits per heavy atom. The van der Waals surface area contributed by atoms with E-state index in [2.05, 4.69) is 9.47 Å². The normalized spacial score (nSPS) is 12.7. The summed E-state index contributed by atoms with van der Waals surface area (Å²) in [6.07, 6.45) is -0.654. The molecule has 2 atom stereocenters. The first-order chi connectivity index (χ1) is 9.13. The van der Waals surface area contributed by atoms with Crippen LogP contribution in [-0.2, 0) is 19.1 Å². The molecule has 22 heavy (non-hydrogen) atoms. The van der Waals surface area contributed by atoms with Gasteiger partial charge in [-0.25, -0.2) is 14.4 Å². The van der Waals surface area contributed by atoms with E-state index in [-0.39, 0.29) is 73.8 Å². The summed E-state index contributed by atoms with van der Waals surface area (Å²) in [6.45, 7) is 7.50. The summed E-state index contributed by atoms with van der Waals surface area (Å²) < 4.78 is 8.67. The number of ether oxygens (including phenoxy) is 2. The third kappa shape index (κ3) is 13.0. The van der Waals surface area contributed by atoms with Crippen molar-refractivity contribution < 1.29 is 85.8 Å². The monoisotopic (exact) mass is 336 g/mol. The molecule has 0 unspecified atom stereocenters. The molecule has 0 aromatic heterocycles. The smallest absolute Gasteiger partial charge is 1.00 e. The molecule has 0 heterocycles. The van der Waals surface area contributed by atoms with Gasteiger partial charge in [-0.05, 0) is 24.7 Å². The number of carbonyl (C=O) groups is 3. The van der Waals surface area contributed by atoms with E-state index in [0.717, 1.165) is 0 Å². The third-order valence-electron chi connectivity index (χ3n) is 2.42. The van der Waals surface area contributed by atoms with E-state index in [1.165, 1.54) is 0 Å². The number of esters is 2. The third-order valence-corrected chi connectivity index (χ3v) is 2.42. The standard InChI is InChI=1S/C13H24N2O5.2Na.2H/c1-7(2)5-9(14)11(16)19-13(18)20-12(17)10(15)6-8(3)4;;;;/h7-10H,5-6,14-15H2,1-4H3;;;;/q;2*+1;2*-1/t9-,10-;;;;/m0..../s1. The summed E-state index contributed by atoms with van der Waals surface area (Å²) in [7, 11) is 0. The molecule has 0 saturated heterocycles. The van der Waals surface area contributed by atoms with Crippen LogP contribution in [-0.4, -0.2) is 30.2 Å². The Morgan fingerprint density at radius 2 is 1.09 bits per heavy atom. The van der Waals surface area contributed by atoms with Crippen LogP contribution < -0.4 is 70.6 Å². The number of hydrogen-bond acceptors (Lipinski definition) is 7. The van der Waals surface area contributed by atoms with E-state index in [1.54, 1.807) is 0 Å². The average molecular weight is 336 g/mol. The second-order valence-electron chi connectivity index (χ2n) is 5.56. The molecule has 0 aliphatic heterocycles. The number of rotatable bonds is 6. The van der Waals surface area contributed by atoms with Crippen molar-refractivity contribution in [2.24, 2.45) is 23.3 Å². The molecule has 0 radical (unpaired) electrons. The fraction of sp³-hybridized carbons (Fsp3) is 0.769. The van der Waals surface area contributed by atoms with Gasteiger partial charge >= 0.3 is 77.2 Å². The Balaban J connectivity index is -0.000000301. The average Bonchev–Trinajstić information content (AvgIpc) is 2.26. The molecule has 0 spiro atoms. The predicted octanol–water partition coefficient (Wildman–Crippen LogP) is -4.83. The molecule has 0 saturated carbocycles. The van der Waals surface area contributed by atoms with Crippen LogP contribution >= 0.6 is 0 Å². The van der Waals surface area contributed by atoms with Gasteiger partial charge in [-0.3, -0.25) is 0 Å². The van der Waals surface area contributed by atoms with Crippen LogP contribution in [0.5, 0.6) is 0 Å². The topological polar surface area (TPSA) is 122 Å². The van der Waals surface area contributed by atoms with Gasteiger partial charge in [0, 0.05) is 0 Å². The maximum Gasteiger partial charge on any atom is 1.00 e. The van der Waals surface area contributed by atoms with E-state index in [9.17, 15) is 14.4 Å². The zero-order valence-electron chi connectivity index (χ0n) is 16.4.